The van der Waals surface area contributed by atoms with Crippen LogP contribution >= 0.6 is 0 Å². The molecule has 2 aromatic rings. The van der Waals surface area contributed by atoms with Gasteiger partial charge in [-0.1, -0.05) is 19.9 Å². The lowest BCUT2D eigenvalue weighted by Crippen LogP contribution is -2.34. The van der Waals surface area contributed by atoms with Crippen molar-refractivity contribution in [1.82, 2.24) is 19.9 Å². The number of aromatic nitrogens is 3. The Morgan fingerprint density at radius 3 is 2.57 bits per heavy atom. The molecule has 0 spiro atoms. The molecule has 2 aromatic heterocycles. The van der Waals surface area contributed by atoms with E-state index in [9.17, 15) is 4.79 Å². The van der Waals surface area contributed by atoms with Crippen LogP contribution < -0.4 is 0 Å². The van der Waals surface area contributed by atoms with Crippen LogP contribution in [-0.4, -0.2) is 32.3 Å². The smallest absolute Gasteiger partial charge is 0.274 e. The summed E-state index contributed by atoms with van der Waals surface area (Å²) in [5.74, 6) is 0.262. The van der Waals surface area contributed by atoms with Gasteiger partial charge in [0.25, 0.3) is 5.91 Å². The second-order valence-electron chi connectivity index (χ2n) is 5.44. The van der Waals surface area contributed by atoms with Gasteiger partial charge in [0.15, 0.2) is 0 Å². The first-order chi connectivity index (χ1) is 10.1. The van der Waals surface area contributed by atoms with Crippen LogP contribution in [-0.2, 0) is 6.54 Å². The van der Waals surface area contributed by atoms with Gasteiger partial charge in [-0.2, -0.15) is 0 Å². The number of aryl methyl sites for hydroxylation is 1. The summed E-state index contributed by atoms with van der Waals surface area (Å²) < 4.78 is 0. The molecule has 110 valence electrons. The molecule has 0 aromatic carbocycles. The van der Waals surface area contributed by atoms with Crippen molar-refractivity contribution in [3.05, 3.63) is 53.9 Å². The molecule has 0 aliphatic heterocycles. The molecule has 0 fully saturated rings. The first-order valence-electron chi connectivity index (χ1n) is 7.04. The lowest BCUT2D eigenvalue weighted by atomic mass is 10.2. The zero-order valence-corrected chi connectivity index (χ0v) is 12.7. The van der Waals surface area contributed by atoms with E-state index in [1.54, 1.807) is 17.3 Å². The minimum absolute atomic E-state index is 0.109. The van der Waals surface area contributed by atoms with Gasteiger partial charge in [0, 0.05) is 18.9 Å². The van der Waals surface area contributed by atoms with Gasteiger partial charge in [-0.3, -0.25) is 14.8 Å². The van der Waals surface area contributed by atoms with E-state index < -0.39 is 0 Å². The van der Waals surface area contributed by atoms with Gasteiger partial charge >= 0.3 is 0 Å². The molecule has 0 unspecified atom stereocenters. The van der Waals surface area contributed by atoms with Crippen molar-refractivity contribution in [3.63, 3.8) is 0 Å². The van der Waals surface area contributed by atoms with Crippen LogP contribution in [0.25, 0.3) is 0 Å². The number of hydrogen-bond acceptors (Lipinski definition) is 4. The van der Waals surface area contributed by atoms with Crippen LogP contribution in [0.5, 0.6) is 0 Å². The molecule has 0 bridgehead atoms. The van der Waals surface area contributed by atoms with Gasteiger partial charge in [0.1, 0.15) is 5.69 Å². The summed E-state index contributed by atoms with van der Waals surface area (Å²) in [6.07, 6.45) is 4.88. The number of hydrogen-bond donors (Lipinski definition) is 0. The van der Waals surface area contributed by atoms with Gasteiger partial charge in [0.05, 0.1) is 24.1 Å². The number of rotatable bonds is 5. The average molecular weight is 284 g/mol. The molecule has 0 radical (unpaired) electrons. The van der Waals surface area contributed by atoms with Crippen LogP contribution in [0.15, 0.2) is 36.8 Å². The second kappa shape index (κ2) is 6.92. The van der Waals surface area contributed by atoms with Gasteiger partial charge in [-0.15, -0.1) is 0 Å². The molecular formula is C16H20N4O. The monoisotopic (exact) mass is 284 g/mol. The third-order valence-corrected chi connectivity index (χ3v) is 2.95. The molecule has 0 aliphatic carbocycles. The summed E-state index contributed by atoms with van der Waals surface area (Å²) in [6.45, 7) is 7.15. The first kappa shape index (κ1) is 15.1. The molecular weight excluding hydrogens is 264 g/mol. The van der Waals surface area contributed by atoms with Crippen molar-refractivity contribution in [2.45, 2.75) is 27.3 Å². The summed E-state index contributed by atoms with van der Waals surface area (Å²) in [5.41, 5.74) is 2.04. The van der Waals surface area contributed by atoms with Crippen LogP contribution in [0.3, 0.4) is 0 Å². The van der Waals surface area contributed by atoms with Gasteiger partial charge in [0.2, 0.25) is 0 Å². The van der Waals surface area contributed by atoms with Crippen LogP contribution in [0.2, 0.25) is 0 Å². The van der Waals surface area contributed by atoms with E-state index in [4.69, 9.17) is 0 Å². The second-order valence-corrected chi connectivity index (χ2v) is 5.44. The maximum atomic E-state index is 12.6. The molecule has 2 rings (SSSR count). The molecule has 21 heavy (non-hydrogen) atoms. The summed E-state index contributed by atoms with van der Waals surface area (Å²) in [4.78, 5) is 27.0. The Morgan fingerprint density at radius 1 is 1.19 bits per heavy atom. The number of nitrogens with zero attached hydrogens (tertiary/aromatic N) is 4. The minimum Gasteiger partial charge on any atom is -0.331 e. The van der Waals surface area contributed by atoms with Gasteiger partial charge < -0.3 is 4.90 Å². The van der Waals surface area contributed by atoms with Crippen LogP contribution in [0.1, 0.15) is 35.7 Å². The standard InChI is InChI=1S/C16H20N4O/c1-12(2)10-20(11-14-6-4-5-7-17-14)16(21)15-9-18-13(3)8-19-15/h4-9,12H,10-11H2,1-3H3. The Kier molecular flexibility index (Phi) is 4.98. The Hall–Kier alpha value is -2.30. The fourth-order valence-corrected chi connectivity index (χ4v) is 2.01. The molecule has 1 amide bonds. The van der Waals surface area contributed by atoms with E-state index in [2.05, 4.69) is 28.8 Å². The summed E-state index contributed by atoms with van der Waals surface area (Å²) in [7, 11) is 0. The van der Waals surface area contributed by atoms with Crippen molar-refractivity contribution in [3.8, 4) is 0 Å². The third kappa shape index (κ3) is 4.34. The number of carbonyl (C=O) groups is 1. The Balaban J connectivity index is 2.18. The summed E-state index contributed by atoms with van der Waals surface area (Å²) in [5, 5.41) is 0. The maximum absolute atomic E-state index is 12.6. The number of amides is 1. The molecule has 5 heteroatoms. The average Bonchev–Trinajstić information content (AvgIpc) is 2.47. The maximum Gasteiger partial charge on any atom is 0.274 e. The number of carbonyl (C=O) groups excluding carboxylic acids is 1. The molecule has 0 aliphatic rings. The van der Waals surface area contributed by atoms with Gasteiger partial charge in [-0.25, -0.2) is 4.98 Å². The Morgan fingerprint density at radius 2 is 2.00 bits per heavy atom. The minimum atomic E-state index is -0.109. The highest BCUT2D eigenvalue weighted by atomic mass is 16.2. The molecule has 0 atom stereocenters. The topological polar surface area (TPSA) is 59.0 Å². The van der Waals surface area contributed by atoms with Crippen molar-refractivity contribution >= 4 is 5.91 Å². The molecule has 0 saturated carbocycles. The zero-order chi connectivity index (χ0) is 15.2. The van der Waals surface area contributed by atoms with Crippen molar-refractivity contribution in [1.29, 1.82) is 0 Å². The quantitative estimate of drug-likeness (QED) is 0.846. The van der Waals surface area contributed by atoms with Gasteiger partial charge in [-0.05, 0) is 25.0 Å². The highest BCUT2D eigenvalue weighted by Gasteiger charge is 2.19. The molecule has 0 N–H and O–H groups in total. The van der Waals surface area contributed by atoms with E-state index in [0.29, 0.717) is 24.7 Å². The normalized spacial score (nSPS) is 10.7. The zero-order valence-electron chi connectivity index (χ0n) is 12.7. The highest BCUT2D eigenvalue weighted by molar-refractivity contribution is 5.91. The Bertz CT molecular complexity index is 581. The van der Waals surface area contributed by atoms with E-state index in [1.165, 1.54) is 6.20 Å². The van der Waals surface area contributed by atoms with E-state index >= 15 is 0 Å². The fourth-order valence-electron chi connectivity index (χ4n) is 2.01. The summed E-state index contributed by atoms with van der Waals surface area (Å²) >= 11 is 0. The van der Waals surface area contributed by atoms with Crippen molar-refractivity contribution in [2.75, 3.05) is 6.54 Å². The Labute approximate surface area is 125 Å². The molecule has 5 nitrogen and oxygen atoms in total. The van der Waals surface area contributed by atoms with E-state index in [-0.39, 0.29) is 5.91 Å². The predicted octanol–water partition coefficient (Wildman–Crippen LogP) is 2.48. The van der Waals surface area contributed by atoms with Crippen LogP contribution in [0.4, 0.5) is 0 Å². The molecule has 0 saturated heterocycles. The van der Waals surface area contributed by atoms with Crippen molar-refractivity contribution < 1.29 is 4.79 Å². The highest BCUT2D eigenvalue weighted by Crippen LogP contribution is 2.09. The van der Waals surface area contributed by atoms with Crippen LogP contribution in [0, 0.1) is 12.8 Å². The van der Waals surface area contributed by atoms with E-state index in [1.807, 2.05) is 25.1 Å². The first-order valence-corrected chi connectivity index (χ1v) is 7.04. The number of pyridine rings is 1. The van der Waals surface area contributed by atoms with E-state index in [0.717, 1.165) is 11.4 Å². The lowest BCUT2D eigenvalue weighted by Gasteiger charge is -2.23. The molecule has 2 heterocycles. The SMILES string of the molecule is Cc1cnc(C(=O)N(Cc2ccccn2)CC(C)C)cn1. The predicted molar refractivity (Wildman–Crippen MR) is 80.6 cm³/mol. The fraction of sp³-hybridized carbons (Fsp3) is 0.375. The lowest BCUT2D eigenvalue weighted by molar-refractivity contribution is 0.0714. The third-order valence-electron chi connectivity index (χ3n) is 2.95. The summed E-state index contributed by atoms with van der Waals surface area (Å²) in [6, 6.07) is 5.71. The van der Waals surface area contributed by atoms with Crippen molar-refractivity contribution in [2.24, 2.45) is 5.92 Å². The largest absolute Gasteiger partial charge is 0.331 e.